The van der Waals surface area contributed by atoms with Gasteiger partial charge in [-0.15, -0.1) is 11.3 Å². The molecule has 6 heteroatoms. The molecular weight excluding hydrogens is 306 g/mol. The third kappa shape index (κ3) is 4.30. The molecule has 2 rings (SSSR count). The zero-order chi connectivity index (χ0) is 15.3. The number of methoxy groups -OCH3 is 1. The largest absolute Gasteiger partial charge is 0.497 e. The molecule has 0 aliphatic rings. The van der Waals surface area contributed by atoms with Crippen molar-refractivity contribution in [2.75, 3.05) is 13.7 Å². The monoisotopic (exact) mass is 325 g/mol. The Hall–Kier alpha value is -1.37. The van der Waals surface area contributed by atoms with E-state index >= 15 is 0 Å². The van der Waals surface area contributed by atoms with Crippen LogP contribution in [0, 0.1) is 0 Å². The van der Waals surface area contributed by atoms with Crippen molar-refractivity contribution in [1.82, 2.24) is 4.72 Å². The smallest absolute Gasteiger partial charge is 0.250 e. The van der Waals surface area contributed by atoms with Gasteiger partial charge in [0.1, 0.15) is 9.96 Å². The first-order valence-corrected chi connectivity index (χ1v) is 9.06. The summed E-state index contributed by atoms with van der Waals surface area (Å²) in [5, 5.41) is 0. The van der Waals surface area contributed by atoms with E-state index in [0.717, 1.165) is 22.6 Å². The Labute approximate surface area is 129 Å². The Morgan fingerprint density at radius 2 is 1.86 bits per heavy atom. The van der Waals surface area contributed by atoms with Gasteiger partial charge in [-0.3, -0.25) is 0 Å². The Balaban J connectivity index is 1.92. The van der Waals surface area contributed by atoms with Gasteiger partial charge in [0, 0.05) is 11.4 Å². The molecule has 0 amide bonds. The van der Waals surface area contributed by atoms with Crippen LogP contribution in [0.15, 0.2) is 40.6 Å². The van der Waals surface area contributed by atoms with Crippen molar-refractivity contribution in [2.45, 2.75) is 24.0 Å². The number of rotatable bonds is 7. The van der Waals surface area contributed by atoms with Crippen LogP contribution in [0.25, 0.3) is 0 Å². The van der Waals surface area contributed by atoms with Gasteiger partial charge in [-0.25, -0.2) is 13.1 Å². The Morgan fingerprint density at radius 3 is 2.43 bits per heavy atom. The molecule has 0 aliphatic carbocycles. The lowest BCUT2D eigenvalue weighted by Gasteiger charge is -2.06. The molecule has 21 heavy (non-hydrogen) atoms. The number of ether oxygens (including phenoxy) is 1. The van der Waals surface area contributed by atoms with Crippen molar-refractivity contribution in [3.63, 3.8) is 0 Å². The maximum absolute atomic E-state index is 12.1. The van der Waals surface area contributed by atoms with E-state index in [1.807, 2.05) is 37.3 Å². The highest BCUT2D eigenvalue weighted by atomic mass is 32.2. The maximum Gasteiger partial charge on any atom is 0.250 e. The second-order valence-corrected chi connectivity index (χ2v) is 7.73. The van der Waals surface area contributed by atoms with Crippen molar-refractivity contribution in [2.24, 2.45) is 0 Å². The lowest BCUT2D eigenvalue weighted by atomic mass is 10.1. The van der Waals surface area contributed by atoms with Crippen LogP contribution in [0.4, 0.5) is 0 Å². The van der Waals surface area contributed by atoms with E-state index in [-0.39, 0.29) is 0 Å². The van der Waals surface area contributed by atoms with Crippen molar-refractivity contribution in [3.8, 4) is 5.75 Å². The highest BCUT2D eigenvalue weighted by Crippen LogP contribution is 2.21. The van der Waals surface area contributed by atoms with Crippen molar-refractivity contribution >= 4 is 21.4 Å². The highest BCUT2D eigenvalue weighted by Gasteiger charge is 2.15. The van der Waals surface area contributed by atoms with Gasteiger partial charge in [0.25, 0.3) is 0 Å². The minimum absolute atomic E-state index is 0.383. The van der Waals surface area contributed by atoms with E-state index < -0.39 is 10.0 Å². The van der Waals surface area contributed by atoms with Crippen LogP contribution in [0.3, 0.4) is 0 Å². The molecule has 0 aliphatic heterocycles. The van der Waals surface area contributed by atoms with E-state index in [1.54, 1.807) is 13.2 Å². The quantitative estimate of drug-likeness (QED) is 0.851. The second kappa shape index (κ2) is 7.06. The number of benzene rings is 1. The normalized spacial score (nSPS) is 11.5. The number of hydrogen-bond acceptors (Lipinski definition) is 4. The number of aryl methyl sites for hydroxylation is 1. The number of sulfonamides is 1. The molecular formula is C15H19NO3S2. The SMILES string of the molecule is CCc1ccc(S(=O)(=O)NCCc2ccc(OC)cc2)s1. The van der Waals surface area contributed by atoms with Crippen molar-refractivity contribution in [1.29, 1.82) is 0 Å². The molecule has 2 aromatic rings. The fraction of sp³-hybridized carbons (Fsp3) is 0.333. The fourth-order valence-electron chi connectivity index (χ4n) is 1.89. The molecule has 0 fully saturated rings. The summed E-state index contributed by atoms with van der Waals surface area (Å²) in [4.78, 5) is 1.07. The van der Waals surface area contributed by atoms with Crippen LogP contribution < -0.4 is 9.46 Å². The minimum atomic E-state index is -3.39. The first-order chi connectivity index (χ1) is 10.0. The number of hydrogen-bond donors (Lipinski definition) is 1. The number of thiophene rings is 1. The van der Waals surface area contributed by atoms with Crippen LogP contribution in [0.5, 0.6) is 5.75 Å². The van der Waals surface area contributed by atoms with E-state index in [0.29, 0.717) is 17.2 Å². The van der Waals surface area contributed by atoms with Crippen LogP contribution in [-0.4, -0.2) is 22.1 Å². The van der Waals surface area contributed by atoms with Crippen molar-refractivity contribution in [3.05, 3.63) is 46.8 Å². The molecule has 0 unspecified atom stereocenters. The van der Waals surface area contributed by atoms with Crippen LogP contribution in [0.2, 0.25) is 0 Å². The second-order valence-electron chi connectivity index (χ2n) is 4.57. The highest BCUT2D eigenvalue weighted by molar-refractivity contribution is 7.91. The van der Waals surface area contributed by atoms with Gasteiger partial charge in [0.15, 0.2) is 0 Å². The minimum Gasteiger partial charge on any atom is -0.497 e. The zero-order valence-electron chi connectivity index (χ0n) is 12.1. The molecule has 1 heterocycles. The molecule has 1 N–H and O–H groups in total. The van der Waals surface area contributed by atoms with Gasteiger partial charge in [-0.1, -0.05) is 19.1 Å². The van der Waals surface area contributed by atoms with Crippen LogP contribution in [-0.2, 0) is 22.9 Å². The summed E-state index contributed by atoms with van der Waals surface area (Å²) in [5.74, 6) is 0.796. The summed E-state index contributed by atoms with van der Waals surface area (Å²) >= 11 is 1.32. The summed E-state index contributed by atoms with van der Waals surface area (Å²) in [5.41, 5.74) is 1.07. The third-order valence-electron chi connectivity index (χ3n) is 3.12. The Morgan fingerprint density at radius 1 is 1.14 bits per heavy atom. The molecule has 0 spiro atoms. The molecule has 0 saturated heterocycles. The molecule has 0 bridgehead atoms. The predicted octanol–water partition coefficient (Wildman–Crippen LogP) is 2.84. The van der Waals surface area contributed by atoms with Gasteiger partial charge in [0.2, 0.25) is 10.0 Å². The Kier molecular flexibility index (Phi) is 5.39. The number of nitrogens with one attached hydrogen (secondary N) is 1. The zero-order valence-corrected chi connectivity index (χ0v) is 13.8. The third-order valence-corrected chi connectivity index (χ3v) is 6.30. The summed E-state index contributed by atoms with van der Waals surface area (Å²) < 4.78 is 32.4. The first-order valence-electron chi connectivity index (χ1n) is 6.76. The molecule has 4 nitrogen and oxygen atoms in total. The molecule has 0 saturated carbocycles. The van der Waals surface area contributed by atoms with Gasteiger partial charge in [-0.2, -0.15) is 0 Å². The fourth-order valence-corrected chi connectivity index (χ4v) is 4.26. The van der Waals surface area contributed by atoms with Gasteiger partial charge >= 0.3 is 0 Å². The average molecular weight is 325 g/mol. The van der Waals surface area contributed by atoms with Gasteiger partial charge in [0.05, 0.1) is 7.11 Å². The molecule has 0 atom stereocenters. The van der Waals surface area contributed by atoms with E-state index in [4.69, 9.17) is 4.74 Å². The molecule has 0 radical (unpaired) electrons. The van der Waals surface area contributed by atoms with E-state index in [2.05, 4.69) is 4.72 Å². The van der Waals surface area contributed by atoms with Crippen LogP contribution >= 0.6 is 11.3 Å². The lowest BCUT2D eigenvalue weighted by molar-refractivity contribution is 0.414. The first kappa shape index (κ1) is 16.0. The van der Waals surface area contributed by atoms with E-state index in [9.17, 15) is 8.42 Å². The maximum atomic E-state index is 12.1. The van der Waals surface area contributed by atoms with E-state index in [1.165, 1.54) is 11.3 Å². The summed E-state index contributed by atoms with van der Waals surface area (Å²) in [6, 6.07) is 11.1. The molecule has 1 aromatic heterocycles. The van der Waals surface area contributed by atoms with Gasteiger partial charge < -0.3 is 4.74 Å². The van der Waals surface area contributed by atoms with Crippen LogP contribution in [0.1, 0.15) is 17.4 Å². The molecule has 1 aromatic carbocycles. The predicted molar refractivity (Wildman–Crippen MR) is 85.6 cm³/mol. The molecule has 114 valence electrons. The Bertz CT molecular complexity index is 675. The lowest BCUT2D eigenvalue weighted by Crippen LogP contribution is -2.25. The summed E-state index contributed by atoms with van der Waals surface area (Å²) in [6.45, 7) is 2.40. The van der Waals surface area contributed by atoms with Gasteiger partial charge in [-0.05, 0) is 42.7 Å². The van der Waals surface area contributed by atoms with Crippen molar-refractivity contribution < 1.29 is 13.2 Å². The summed E-state index contributed by atoms with van der Waals surface area (Å²) in [6.07, 6.45) is 1.50. The average Bonchev–Trinajstić information content (AvgIpc) is 2.98. The standard InChI is InChI=1S/C15H19NO3S2/c1-3-14-8-9-15(20-14)21(17,18)16-11-10-12-4-6-13(19-2)7-5-12/h4-9,16H,3,10-11H2,1-2H3. The summed E-state index contributed by atoms with van der Waals surface area (Å²) in [7, 11) is -1.77. The topological polar surface area (TPSA) is 55.4 Å².